The zero-order valence-electron chi connectivity index (χ0n) is 18.5. The molecule has 1 saturated heterocycles. The van der Waals surface area contributed by atoms with E-state index in [0.29, 0.717) is 30.9 Å². The van der Waals surface area contributed by atoms with E-state index in [-0.39, 0.29) is 23.8 Å². The van der Waals surface area contributed by atoms with Gasteiger partial charge in [-0.25, -0.2) is 19.7 Å². The second-order valence-corrected chi connectivity index (χ2v) is 9.12. The summed E-state index contributed by atoms with van der Waals surface area (Å²) in [6, 6.07) is 1.18. The number of carbonyl (C=O) groups is 1. The van der Waals surface area contributed by atoms with Gasteiger partial charge in [-0.15, -0.1) is 0 Å². The molecule has 4 rings (SSSR count). The summed E-state index contributed by atoms with van der Waals surface area (Å²) in [6.45, 7) is 10.7. The molecule has 0 amide bonds. The van der Waals surface area contributed by atoms with E-state index in [2.05, 4.69) is 17.1 Å². The number of hydrazine groups is 1. The molecule has 0 unspecified atom stereocenters. The van der Waals surface area contributed by atoms with Gasteiger partial charge in [0.05, 0.1) is 6.20 Å². The summed E-state index contributed by atoms with van der Waals surface area (Å²) in [4.78, 5) is 19.4. The first-order valence-electron chi connectivity index (χ1n) is 10.5. The van der Waals surface area contributed by atoms with E-state index in [1.807, 2.05) is 43.9 Å². The van der Waals surface area contributed by atoms with Gasteiger partial charge in [0.25, 0.3) is 0 Å². The van der Waals surface area contributed by atoms with Crippen molar-refractivity contribution in [1.82, 2.24) is 29.9 Å². The van der Waals surface area contributed by atoms with Gasteiger partial charge in [0.15, 0.2) is 5.65 Å². The van der Waals surface area contributed by atoms with Crippen molar-refractivity contribution in [3.8, 4) is 5.88 Å². The van der Waals surface area contributed by atoms with Crippen molar-refractivity contribution in [1.29, 1.82) is 0 Å². The zero-order valence-corrected chi connectivity index (χ0v) is 18.5. The Hall–Kier alpha value is -3.07. The Labute approximate surface area is 182 Å². The third kappa shape index (κ3) is 4.23. The van der Waals surface area contributed by atoms with Gasteiger partial charge in [-0.2, -0.15) is 5.10 Å². The van der Waals surface area contributed by atoms with Crippen LogP contribution < -0.4 is 10.5 Å². The number of ether oxygens (including phenoxy) is 1. The molecule has 2 aliphatic heterocycles. The number of likely N-dealkylation sites (tertiary alicyclic amines) is 1. The minimum absolute atomic E-state index is 0.00972. The highest BCUT2D eigenvalue weighted by Crippen LogP contribution is 2.33. The van der Waals surface area contributed by atoms with Crippen molar-refractivity contribution in [2.24, 2.45) is 0 Å². The van der Waals surface area contributed by atoms with Crippen LogP contribution in [0.1, 0.15) is 50.8 Å². The number of fused-ring (bicyclic) bond motifs is 1. The second kappa shape index (κ2) is 7.88. The first-order valence-corrected chi connectivity index (χ1v) is 10.5. The van der Waals surface area contributed by atoms with Gasteiger partial charge < -0.3 is 19.8 Å². The van der Waals surface area contributed by atoms with Crippen molar-refractivity contribution in [2.45, 2.75) is 51.2 Å². The minimum Gasteiger partial charge on any atom is -0.858 e. The third-order valence-electron chi connectivity index (χ3n) is 5.63. The normalized spacial score (nSPS) is 22.0. The fourth-order valence-electron chi connectivity index (χ4n) is 4.15. The third-order valence-corrected chi connectivity index (χ3v) is 5.63. The van der Waals surface area contributed by atoms with E-state index >= 15 is 0 Å². The van der Waals surface area contributed by atoms with Crippen LogP contribution >= 0.6 is 0 Å². The molecule has 31 heavy (non-hydrogen) atoms. The van der Waals surface area contributed by atoms with Crippen molar-refractivity contribution < 1.29 is 14.6 Å². The second-order valence-electron chi connectivity index (χ2n) is 9.12. The van der Waals surface area contributed by atoms with Crippen LogP contribution in [0.5, 0.6) is 5.88 Å². The molecule has 9 nitrogen and oxygen atoms in total. The Morgan fingerprint density at radius 3 is 2.81 bits per heavy atom. The standard InChI is InChI=1S/C22H30N6O3/c1-6-27-13-14(7-8-18(27)21(30)31-22(2,3)4)17-9-19(29)28-20(25-17)16(11-24-28)15-10-23-26(5)12-15/h6,9,11-12,14,18,23,29H,1,7-8,10,13H2,2-5H3/p-1/t14-,18-/m0/s1. The lowest BCUT2D eigenvalue weighted by molar-refractivity contribution is -0.277. The van der Waals surface area contributed by atoms with Crippen molar-refractivity contribution in [2.75, 3.05) is 20.1 Å². The molecule has 166 valence electrons. The largest absolute Gasteiger partial charge is 0.858 e. The van der Waals surface area contributed by atoms with Crippen LogP contribution in [0.3, 0.4) is 0 Å². The molecule has 2 aromatic heterocycles. The lowest BCUT2D eigenvalue weighted by Crippen LogP contribution is -2.46. The van der Waals surface area contributed by atoms with Gasteiger partial charge in [0.2, 0.25) is 0 Å². The molecule has 2 atom stereocenters. The quantitative estimate of drug-likeness (QED) is 0.738. The van der Waals surface area contributed by atoms with Gasteiger partial charge in [-0.05, 0) is 57.3 Å². The molecule has 2 aromatic rings. The highest BCUT2D eigenvalue weighted by atomic mass is 16.6. The highest BCUT2D eigenvalue weighted by molar-refractivity contribution is 5.78. The van der Waals surface area contributed by atoms with E-state index in [9.17, 15) is 9.90 Å². The molecular formula is C22H29N6O3-. The molecule has 4 heterocycles. The van der Waals surface area contributed by atoms with Gasteiger partial charge in [-0.1, -0.05) is 6.58 Å². The fourth-order valence-corrected chi connectivity index (χ4v) is 4.15. The van der Waals surface area contributed by atoms with Crippen LogP contribution in [0.2, 0.25) is 0 Å². The van der Waals surface area contributed by atoms with Crippen LogP contribution in [-0.4, -0.2) is 62.3 Å². The maximum absolute atomic E-state index is 12.7. The molecule has 1 fully saturated rings. The molecule has 0 aliphatic carbocycles. The summed E-state index contributed by atoms with van der Waals surface area (Å²) in [7, 11) is 1.92. The Morgan fingerprint density at radius 2 is 2.16 bits per heavy atom. The summed E-state index contributed by atoms with van der Waals surface area (Å²) in [5.41, 5.74) is 5.81. The monoisotopic (exact) mass is 425 g/mol. The topological polar surface area (TPSA) is 98.1 Å². The van der Waals surface area contributed by atoms with Gasteiger partial charge in [0, 0.05) is 43.5 Å². The maximum atomic E-state index is 12.7. The van der Waals surface area contributed by atoms with Crippen molar-refractivity contribution >= 4 is 17.2 Å². The Bertz CT molecular complexity index is 1040. The zero-order chi connectivity index (χ0) is 22.3. The average Bonchev–Trinajstić information content (AvgIpc) is 3.32. The SMILES string of the molecule is C=CN1C[C@@H](c2cc([O-])n3ncc(C4=CN(C)NC4)c3n2)CC[C@H]1C(=O)OC(C)(C)C. The van der Waals surface area contributed by atoms with Gasteiger partial charge in [0.1, 0.15) is 11.6 Å². The van der Waals surface area contributed by atoms with Crippen LogP contribution in [0.15, 0.2) is 31.2 Å². The van der Waals surface area contributed by atoms with Crippen LogP contribution in [0.25, 0.3) is 11.2 Å². The first-order chi connectivity index (χ1) is 14.7. The van der Waals surface area contributed by atoms with E-state index in [1.165, 1.54) is 4.52 Å². The van der Waals surface area contributed by atoms with Crippen LogP contribution in [-0.2, 0) is 9.53 Å². The Morgan fingerprint density at radius 1 is 1.39 bits per heavy atom. The number of hydrogen-bond acceptors (Lipinski definition) is 8. The Balaban J connectivity index is 1.60. The molecule has 9 heteroatoms. The van der Waals surface area contributed by atoms with Crippen LogP contribution in [0.4, 0.5) is 0 Å². The Kier molecular flexibility index (Phi) is 5.38. The average molecular weight is 426 g/mol. The predicted octanol–water partition coefficient (Wildman–Crippen LogP) is 1.63. The molecule has 0 spiro atoms. The van der Waals surface area contributed by atoms with Gasteiger partial charge >= 0.3 is 5.97 Å². The van der Waals surface area contributed by atoms with Crippen molar-refractivity contribution in [3.05, 3.63) is 42.5 Å². The molecule has 0 radical (unpaired) electrons. The number of esters is 1. The highest BCUT2D eigenvalue weighted by Gasteiger charge is 2.35. The summed E-state index contributed by atoms with van der Waals surface area (Å²) in [6.07, 6.45) is 6.68. The van der Waals surface area contributed by atoms with Crippen LogP contribution in [0, 0.1) is 0 Å². The van der Waals surface area contributed by atoms with E-state index in [1.54, 1.807) is 18.5 Å². The number of rotatable bonds is 4. The van der Waals surface area contributed by atoms with E-state index in [0.717, 1.165) is 17.6 Å². The lowest BCUT2D eigenvalue weighted by Gasteiger charge is -2.38. The van der Waals surface area contributed by atoms with E-state index in [4.69, 9.17) is 9.72 Å². The molecular weight excluding hydrogens is 396 g/mol. The fraction of sp³-hybridized carbons (Fsp3) is 0.500. The summed E-state index contributed by atoms with van der Waals surface area (Å²) < 4.78 is 6.92. The number of nitrogens with one attached hydrogen (secondary N) is 1. The number of nitrogens with zero attached hydrogens (tertiary/aromatic N) is 5. The molecule has 1 N–H and O–H groups in total. The number of aromatic nitrogens is 3. The number of carbonyl (C=O) groups excluding carboxylic acids is 1. The summed E-state index contributed by atoms with van der Waals surface area (Å²) in [5.74, 6) is -0.442. The number of piperidine rings is 1. The minimum atomic E-state index is -0.541. The first kappa shape index (κ1) is 21.2. The molecule has 0 saturated carbocycles. The predicted molar refractivity (Wildman–Crippen MR) is 115 cm³/mol. The number of hydrogen-bond donors (Lipinski definition) is 1. The molecule has 0 aromatic carbocycles. The van der Waals surface area contributed by atoms with E-state index < -0.39 is 5.60 Å². The van der Waals surface area contributed by atoms with Crippen molar-refractivity contribution in [3.63, 3.8) is 0 Å². The summed E-state index contributed by atoms with van der Waals surface area (Å²) in [5, 5.41) is 18.8. The molecule has 2 aliphatic rings. The smallest absolute Gasteiger partial charge is 0.329 e. The van der Waals surface area contributed by atoms with Gasteiger partial charge in [-0.3, -0.25) is 0 Å². The maximum Gasteiger partial charge on any atom is 0.329 e. The summed E-state index contributed by atoms with van der Waals surface area (Å²) >= 11 is 0. The molecule has 0 bridgehead atoms. The lowest BCUT2D eigenvalue weighted by atomic mass is 9.90.